The van der Waals surface area contributed by atoms with Gasteiger partial charge in [-0.15, -0.1) is 13.2 Å². The van der Waals surface area contributed by atoms with E-state index in [1.54, 1.807) is 4.57 Å². The van der Waals surface area contributed by atoms with Crippen LogP contribution in [-0.4, -0.2) is 33.0 Å². The van der Waals surface area contributed by atoms with E-state index in [1.165, 1.54) is 30.5 Å². The molecule has 0 fully saturated rings. The summed E-state index contributed by atoms with van der Waals surface area (Å²) in [7, 11) is 0. The van der Waals surface area contributed by atoms with Crippen molar-refractivity contribution in [3.05, 3.63) is 46.1 Å². The highest BCUT2D eigenvalue weighted by molar-refractivity contribution is 5.27. The van der Waals surface area contributed by atoms with Crippen LogP contribution in [0.15, 0.2) is 30.5 Å². The molecule has 1 unspecified atom stereocenters. The van der Waals surface area contributed by atoms with Crippen molar-refractivity contribution in [2.24, 2.45) is 0 Å². The first-order valence-corrected chi connectivity index (χ1v) is 8.10. The molecule has 8 nitrogen and oxygen atoms in total. The molecular weight excluding hydrogens is 369 g/mol. The SMILES string of the molecule is CC1(CNCc2ccc(OC(F)(F)F)cc2)CCn2cc([N+](=O)[O-])nc2O1. The molecule has 3 rings (SSSR count). The van der Waals surface area contributed by atoms with E-state index in [1.807, 2.05) is 6.92 Å². The molecular formula is C16H17F3N4O4. The average Bonchev–Trinajstić information content (AvgIpc) is 2.98. The van der Waals surface area contributed by atoms with Crippen LogP contribution in [0, 0.1) is 10.1 Å². The monoisotopic (exact) mass is 386 g/mol. The van der Waals surface area contributed by atoms with Crippen molar-refractivity contribution in [3.8, 4) is 11.8 Å². The molecule has 27 heavy (non-hydrogen) atoms. The molecule has 0 radical (unpaired) electrons. The number of aromatic nitrogens is 2. The number of halogens is 3. The Balaban J connectivity index is 1.53. The van der Waals surface area contributed by atoms with Crippen LogP contribution in [-0.2, 0) is 13.1 Å². The molecule has 1 aromatic heterocycles. The van der Waals surface area contributed by atoms with Crippen molar-refractivity contribution in [3.63, 3.8) is 0 Å². The van der Waals surface area contributed by atoms with Gasteiger partial charge in [0.1, 0.15) is 17.5 Å². The number of fused-ring (bicyclic) bond motifs is 1. The molecule has 1 aromatic carbocycles. The summed E-state index contributed by atoms with van der Waals surface area (Å²) in [6, 6.07) is 5.77. The third-order valence-electron chi connectivity index (χ3n) is 4.12. The molecule has 1 aliphatic heterocycles. The first-order valence-electron chi connectivity index (χ1n) is 8.10. The summed E-state index contributed by atoms with van der Waals surface area (Å²) in [6.45, 7) is 3.26. The Morgan fingerprint density at radius 2 is 2.11 bits per heavy atom. The van der Waals surface area contributed by atoms with E-state index in [4.69, 9.17) is 4.74 Å². The number of benzene rings is 1. The summed E-state index contributed by atoms with van der Waals surface area (Å²) in [4.78, 5) is 14.1. The predicted octanol–water partition coefficient (Wildman–Crippen LogP) is 3.02. The van der Waals surface area contributed by atoms with Gasteiger partial charge < -0.3 is 24.9 Å². The van der Waals surface area contributed by atoms with Crippen molar-refractivity contribution in [2.45, 2.75) is 38.4 Å². The Hall–Kier alpha value is -2.82. The highest BCUT2D eigenvalue weighted by Crippen LogP contribution is 2.29. The maximum atomic E-state index is 12.2. The molecule has 1 atom stereocenters. The lowest BCUT2D eigenvalue weighted by atomic mass is 10.0. The summed E-state index contributed by atoms with van der Waals surface area (Å²) in [6.07, 6.45) is -2.75. The Morgan fingerprint density at radius 3 is 2.74 bits per heavy atom. The fraction of sp³-hybridized carbons (Fsp3) is 0.438. The van der Waals surface area contributed by atoms with Crippen LogP contribution in [0.1, 0.15) is 18.9 Å². The Morgan fingerprint density at radius 1 is 1.41 bits per heavy atom. The van der Waals surface area contributed by atoms with Crippen LogP contribution >= 0.6 is 0 Å². The van der Waals surface area contributed by atoms with Gasteiger partial charge in [0.2, 0.25) is 0 Å². The van der Waals surface area contributed by atoms with Gasteiger partial charge in [0.05, 0.1) is 0 Å². The molecule has 11 heteroatoms. The van der Waals surface area contributed by atoms with Crippen LogP contribution < -0.4 is 14.8 Å². The first kappa shape index (κ1) is 19.0. The topological polar surface area (TPSA) is 91.5 Å². The number of hydrogen-bond donors (Lipinski definition) is 1. The third-order valence-corrected chi connectivity index (χ3v) is 4.12. The number of alkyl halides is 3. The molecule has 2 heterocycles. The van der Waals surface area contributed by atoms with Crippen molar-refractivity contribution in [2.75, 3.05) is 6.54 Å². The Bertz CT molecular complexity index is 822. The van der Waals surface area contributed by atoms with Crippen LogP contribution in [0.25, 0.3) is 0 Å². The molecule has 0 saturated carbocycles. The van der Waals surface area contributed by atoms with Gasteiger partial charge in [-0.1, -0.05) is 12.1 Å². The molecule has 0 saturated heterocycles. The van der Waals surface area contributed by atoms with E-state index >= 15 is 0 Å². The number of nitrogens with one attached hydrogen (secondary N) is 1. The van der Waals surface area contributed by atoms with Crippen molar-refractivity contribution in [1.29, 1.82) is 0 Å². The lowest BCUT2D eigenvalue weighted by molar-refractivity contribution is -0.389. The summed E-state index contributed by atoms with van der Waals surface area (Å²) in [5.41, 5.74) is 0.176. The number of nitrogens with zero attached hydrogens (tertiary/aromatic N) is 3. The second-order valence-electron chi connectivity index (χ2n) is 6.43. The van der Waals surface area contributed by atoms with Crippen molar-refractivity contribution >= 4 is 5.82 Å². The summed E-state index contributed by atoms with van der Waals surface area (Å²) in [5.74, 6) is -0.536. The fourth-order valence-electron chi connectivity index (χ4n) is 2.75. The number of hydrogen-bond acceptors (Lipinski definition) is 6. The lowest BCUT2D eigenvalue weighted by Crippen LogP contribution is -2.46. The molecule has 0 spiro atoms. The van der Waals surface area contributed by atoms with E-state index in [0.717, 1.165) is 5.56 Å². The molecule has 0 bridgehead atoms. The number of aryl methyl sites for hydroxylation is 1. The minimum atomic E-state index is -4.71. The fourth-order valence-corrected chi connectivity index (χ4v) is 2.75. The number of nitro groups is 1. The smallest absolute Gasteiger partial charge is 0.438 e. The summed E-state index contributed by atoms with van der Waals surface area (Å²) < 4.78 is 47.7. The zero-order valence-electron chi connectivity index (χ0n) is 14.3. The predicted molar refractivity (Wildman–Crippen MR) is 87.4 cm³/mol. The Labute approximate surface area is 152 Å². The second-order valence-corrected chi connectivity index (χ2v) is 6.43. The molecule has 0 aliphatic carbocycles. The molecule has 0 amide bonds. The minimum Gasteiger partial charge on any atom is -0.438 e. The minimum absolute atomic E-state index is 0.200. The number of ether oxygens (including phenoxy) is 2. The average molecular weight is 386 g/mol. The highest BCUT2D eigenvalue weighted by Gasteiger charge is 2.36. The van der Waals surface area contributed by atoms with Gasteiger partial charge in [-0.05, 0) is 29.5 Å². The van der Waals surface area contributed by atoms with Gasteiger partial charge in [0, 0.05) is 31.0 Å². The lowest BCUT2D eigenvalue weighted by Gasteiger charge is -2.32. The van der Waals surface area contributed by atoms with Gasteiger partial charge in [-0.25, -0.2) is 0 Å². The number of imidazole rings is 1. The summed E-state index contributed by atoms with van der Waals surface area (Å²) >= 11 is 0. The normalized spacial score (nSPS) is 19.3. The standard InChI is InChI=1S/C16H17F3N4O4/c1-15(6-7-22-9-13(23(24)25)21-14(22)27-15)10-20-8-11-2-4-12(5-3-11)26-16(17,18)19/h2-5,9,20H,6-8,10H2,1H3. The van der Waals surface area contributed by atoms with E-state index < -0.39 is 16.9 Å². The largest absolute Gasteiger partial charge is 0.573 e. The molecule has 1 aliphatic rings. The molecule has 1 N–H and O–H groups in total. The van der Waals surface area contributed by atoms with Gasteiger partial charge in [-0.3, -0.25) is 4.57 Å². The second kappa shape index (κ2) is 7.06. The van der Waals surface area contributed by atoms with Crippen LogP contribution in [0.3, 0.4) is 0 Å². The van der Waals surface area contributed by atoms with E-state index in [9.17, 15) is 23.3 Å². The quantitative estimate of drug-likeness (QED) is 0.606. The van der Waals surface area contributed by atoms with Gasteiger partial charge in [0.15, 0.2) is 0 Å². The summed E-state index contributed by atoms with van der Waals surface area (Å²) in [5, 5.41) is 14.0. The van der Waals surface area contributed by atoms with Crippen LogP contribution in [0.2, 0.25) is 0 Å². The zero-order valence-corrected chi connectivity index (χ0v) is 14.3. The molecule has 146 valence electrons. The Kier molecular flexibility index (Phi) is 4.96. The maximum Gasteiger partial charge on any atom is 0.573 e. The van der Waals surface area contributed by atoms with Gasteiger partial charge in [0.25, 0.3) is 0 Å². The van der Waals surface area contributed by atoms with Crippen molar-refractivity contribution < 1.29 is 27.6 Å². The van der Waals surface area contributed by atoms with Crippen molar-refractivity contribution in [1.82, 2.24) is 14.9 Å². The molecule has 2 aromatic rings. The van der Waals surface area contributed by atoms with Crippen LogP contribution in [0.5, 0.6) is 11.8 Å². The van der Waals surface area contributed by atoms with E-state index in [2.05, 4.69) is 15.0 Å². The van der Waals surface area contributed by atoms with E-state index in [0.29, 0.717) is 26.1 Å². The highest BCUT2D eigenvalue weighted by atomic mass is 19.4. The maximum absolute atomic E-state index is 12.2. The first-order chi connectivity index (χ1) is 12.6. The zero-order chi connectivity index (χ0) is 19.7. The van der Waals surface area contributed by atoms with Gasteiger partial charge >= 0.3 is 18.2 Å². The number of rotatable bonds is 6. The third kappa shape index (κ3) is 4.88. The van der Waals surface area contributed by atoms with Gasteiger partial charge in [-0.2, -0.15) is 0 Å². The van der Waals surface area contributed by atoms with Crippen LogP contribution in [0.4, 0.5) is 19.0 Å². The van der Waals surface area contributed by atoms with E-state index in [-0.39, 0.29) is 17.6 Å².